The minimum Gasteiger partial charge on any atom is -0.376 e. The molecule has 2 aliphatic rings. The van der Waals surface area contributed by atoms with E-state index in [1.165, 1.54) is 0 Å². The van der Waals surface area contributed by atoms with Crippen LogP contribution in [-0.2, 0) is 22.5 Å². The summed E-state index contributed by atoms with van der Waals surface area (Å²) >= 11 is 6.07. The maximum atomic E-state index is 14.0. The lowest BCUT2D eigenvalue weighted by Gasteiger charge is -2.49. The number of rotatable bonds is 8. The van der Waals surface area contributed by atoms with Crippen molar-refractivity contribution in [3.05, 3.63) is 52.4 Å². The summed E-state index contributed by atoms with van der Waals surface area (Å²) in [6, 6.07) is 9.35. The van der Waals surface area contributed by atoms with Crippen LogP contribution in [0.1, 0.15) is 68.8 Å². The molecule has 2 fully saturated rings. The molecule has 0 N–H and O–H groups in total. The van der Waals surface area contributed by atoms with Gasteiger partial charge in [0.15, 0.2) is 0 Å². The highest BCUT2D eigenvalue weighted by molar-refractivity contribution is 6.30. The fourth-order valence-corrected chi connectivity index (χ4v) is 5.49. The highest BCUT2D eigenvalue weighted by Gasteiger charge is 2.50. The van der Waals surface area contributed by atoms with Crippen LogP contribution in [0.5, 0.6) is 0 Å². The summed E-state index contributed by atoms with van der Waals surface area (Å²) < 4.78 is 11.7. The molecule has 1 aromatic heterocycles. The molecular weight excluding hydrogens is 478 g/mol. The molecule has 1 spiro atoms. The monoisotopic (exact) mass is 515 g/mol. The van der Waals surface area contributed by atoms with E-state index in [1.54, 1.807) is 11.0 Å². The van der Waals surface area contributed by atoms with Crippen molar-refractivity contribution in [2.24, 2.45) is 17.3 Å². The van der Waals surface area contributed by atoms with Gasteiger partial charge in [-0.05, 0) is 55.2 Å². The second-order valence-corrected chi connectivity index (χ2v) is 11.7. The molecule has 0 saturated carbocycles. The largest absolute Gasteiger partial charge is 0.376 e. The summed E-state index contributed by atoms with van der Waals surface area (Å²) in [5.41, 5.74) is 1.14. The quantitative estimate of drug-likeness (QED) is 0.481. The molecule has 3 heterocycles. The van der Waals surface area contributed by atoms with Gasteiger partial charge in [-0.2, -0.15) is 0 Å². The summed E-state index contributed by atoms with van der Waals surface area (Å²) in [5.74, 6) is 0.970. The number of piperidine rings is 2. The van der Waals surface area contributed by atoms with Crippen molar-refractivity contribution in [3.8, 4) is 0 Å². The Morgan fingerprint density at radius 3 is 2.67 bits per heavy atom. The summed E-state index contributed by atoms with van der Waals surface area (Å²) in [5, 5.41) is 4.75. The minimum atomic E-state index is -0.666. The van der Waals surface area contributed by atoms with Crippen molar-refractivity contribution in [1.82, 2.24) is 15.0 Å². The van der Waals surface area contributed by atoms with Gasteiger partial charge in [-0.1, -0.05) is 56.6 Å². The van der Waals surface area contributed by atoms with Gasteiger partial charge in [0.25, 0.3) is 5.91 Å². The number of carbonyl (C=O) groups is 2. The zero-order valence-corrected chi connectivity index (χ0v) is 22.6. The lowest BCUT2D eigenvalue weighted by molar-refractivity contribution is -0.160. The number of amides is 2. The molecule has 1 aromatic carbocycles. The Kier molecular flexibility index (Phi) is 8.41. The van der Waals surface area contributed by atoms with Gasteiger partial charge in [-0.25, -0.2) is 0 Å². The summed E-state index contributed by atoms with van der Waals surface area (Å²) in [6.45, 7) is 11.1. The van der Waals surface area contributed by atoms with Gasteiger partial charge in [0.05, 0.1) is 17.2 Å². The van der Waals surface area contributed by atoms with Gasteiger partial charge < -0.3 is 19.1 Å². The Hall–Kier alpha value is -2.38. The molecule has 0 unspecified atom stereocenters. The first-order valence-electron chi connectivity index (χ1n) is 13.1. The molecule has 2 amide bonds. The van der Waals surface area contributed by atoms with Crippen LogP contribution in [0.3, 0.4) is 0 Å². The van der Waals surface area contributed by atoms with E-state index in [9.17, 15) is 9.59 Å². The number of nitrogens with zero attached hydrogens (tertiary/aromatic N) is 3. The number of ether oxygens (including phenoxy) is 1. The average molecular weight is 516 g/mol. The summed E-state index contributed by atoms with van der Waals surface area (Å²) in [7, 11) is 0. The van der Waals surface area contributed by atoms with Crippen molar-refractivity contribution in [3.63, 3.8) is 0 Å². The lowest BCUT2D eigenvalue weighted by Crippen LogP contribution is -2.60. The first-order valence-corrected chi connectivity index (χ1v) is 13.4. The number of likely N-dealkylation sites (tertiary alicyclic amines) is 2. The number of aromatic nitrogens is 1. The van der Waals surface area contributed by atoms with Crippen LogP contribution < -0.4 is 0 Å². The number of hydrogen-bond donors (Lipinski definition) is 0. The Morgan fingerprint density at radius 2 is 1.97 bits per heavy atom. The molecule has 2 atom stereocenters. The number of benzene rings is 1. The fraction of sp³-hybridized carbons (Fsp3) is 0.607. The van der Waals surface area contributed by atoms with Crippen LogP contribution in [0, 0.1) is 17.3 Å². The molecule has 0 bridgehead atoms. The van der Waals surface area contributed by atoms with E-state index in [4.69, 9.17) is 20.9 Å². The van der Waals surface area contributed by atoms with Gasteiger partial charge >= 0.3 is 0 Å². The standard InChI is InChI=1S/C28H38ClN3O4/c1-19(2)12-23-13-25(36-30-23)26(33)31-11-5-10-28(18-31)14-24(35-17-20(3)4)16-32(27(28)34)15-21-6-8-22(29)9-7-21/h6-9,13,19-20,24H,5,10-12,14-18H2,1-4H3/t24-,28+/m0/s1. The third-order valence-electron chi connectivity index (χ3n) is 6.99. The summed E-state index contributed by atoms with van der Waals surface area (Å²) in [4.78, 5) is 31.0. The number of halogens is 1. The lowest BCUT2D eigenvalue weighted by atomic mass is 9.72. The maximum absolute atomic E-state index is 14.0. The van der Waals surface area contributed by atoms with Crippen molar-refractivity contribution < 1.29 is 18.8 Å². The second-order valence-electron chi connectivity index (χ2n) is 11.3. The molecular formula is C28H38ClN3O4. The zero-order chi connectivity index (χ0) is 25.9. The van der Waals surface area contributed by atoms with Crippen molar-refractivity contribution >= 4 is 23.4 Å². The predicted octanol–water partition coefficient (Wildman–Crippen LogP) is 5.22. The molecule has 4 rings (SSSR count). The van der Waals surface area contributed by atoms with Crippen LogP contribution >= 0.6 is 11.6 Å². The van der Waals surface area contributed by atoms with E-state index in [2.05, 4.69) is 32.9 Å². The van der Waals surface area contributed by atoms with E-state index in [-0.39, 0.29) is 23.7 Å². The normalized spacial score (nSPS) is 22.8. The van der Waals surface area contributed by atoms with E-state index in [1.807, 2.05) is 29.2 Å². The topological polar surface area (TPSA) is 75.9 Å². The van der Waals surface area contributed by atoms with Crippen LogP contribution in [0.25, 0.3) is 0 Å². The van der Waals surface area contributed by atoms with Crippen LogP contribution in [0.15, 0.2) is 34.9 Å². The fourth-order valence-electron chi connectivity index (χ4n) is 5.37. The van der Waals surface area contributed by atoms with Crippen molar-refractivity contribution in [2.75, 3.05) is 26.2 Å². The van der Waals surface area contributed by atoms with E-state index >= 15 is 0 Å². The van der Waals surface area contributed by atoms with Crippen LogP contribution in [0.2, 0.25) is 5.02 Å². The number of hydrogen-bond acceptors (Lipinski definition) is 5. The Balaban J connectivity index is 1.54. The Labute approximate surface area is 219 Å². The van der Waals surface area contributed by atoms with Crippen LogP contribution in [-0.4, -0.2) is 59.1 Å². The van der Waals surface area contributed by atoms with Gasteiger partial charge in [-0.3, -0.25) is 9.59 Å². The smallest absolute Gasteiger partial charge is 0.292 e. The second kappa shape index (κ2) is 11.3. The molecule has 2 saturated heterocycles. The minimum absolute atomic E-state index is 0.0737. The molecule has 36 heavy (non-hydrogen) atoms. The van der Waals surface area contributed by atoms with Crippen LogP contribution in [0.4, 0.5) is 0 Å². The first kappa shape index (κ1) is 26.7. The Bertz CT molecular complexity index is 1050. The van der Waals surface area contributed by atoms with Crippen molar-refractivity contribution in [1.29, 1.82) is 0 Å². The van der Waals surface area contributed by atoms with Gasteiger partial charge in [0.1, 0.15) is 0 Å². The third kappa shape index (κ3) is 6.30. The van der Waals surface area contributed by atoms with Crippen molar-refractivity contribution in [2.45, 2.75) is 66.0 Å². The molecule has 7 nitrogen and oxygen atoms in total. The molecule has 2 aliphatic heterocycles. The van der Waals surface area contributed by atoms with E-state index in [0.29, 0.717) is 56.1 Å². The maximum Gasteiger partial charge on any atom is 0.292 e. The SMILES string of the molecule is CC(C)CO[C@@H]1CN(Cc2ccc(Cl)cc2)C(=O)[C@]2(CCCN(C(=O)c3cc(CC(C)C)no3)C2)C1. The molecule has 196 valence electrons. The highest BCUT2D eigenvalue weighted by atomic mass is 35.5. The summed E-state index contributed by atoms with van der Waals surface area (Å²) in [6.07, 6.45) is 2.80. The third-order valence-corrected chi connectivity index (χ3v) is 7.24. The Morgan fingerprint density at radius 1 is 1.22 bits per heavy atom. The van der Waals surface area contributed by atoms with Gasteiger partial charge in [0.2, 0.25) is 11.7 Å². The first-order chi connectivity index (χ1) is 17.1. The number of carbonyl (C=O) groups excluding carboxylic acids is 2. The van der Waals surface area contributed by atoms with Gasteiger partial charge in [-0.15, -0.1) is 0 Å². The van der Waals surface area contributed by atoms with E-state index in [0.717, 1.165) is 30.5 Å². The highest BCUT2D eigenvalue weighted by Crippen LogP contribution is 2.41. The average Bonchev–Trinajstić information content (AvgIpc) is 3.29. The molecule has 0 aliphatic carbocycles. The molecule has 0 radical (unpaired) electrons. The molecule has 8 heteroatoms. The predicted molar refractivity (Wildman–Crippen MR) is 139 cm³/mol. The van der Waals surface area contributed by atoms with E-state index < -0.39 is 5.41 Å². The van der Waals surface area contributed by atoms with Gasteiger partial charge in [0, 0.05) is 43.9 Å². The zero-order valence-electron chi connectivity index (χ0n) is 21.8. The molecule has 2 aromatic rings.